The maximum Gasteiger partial charge on any atom is 0.229 e. The standard InChI is InChI=1S/C17H21Cl2N3O3/c18-14-2-1-13(11-15(14)19)17-20-12-16(21-17)25-10-9-24-8-5-22-3-6-23-7-4-22/h1-2,11-12,17H,3-10H2. The number of ether oxygens (including phenoxy) is 3. The minimum Gasteiger partial charge on any atom is -0.474 e. The fourth-order valence-electron chi connectivity index (χ4n) is 2.56. The smallest absolute Gasteiger partial charge is 0.229 e. The molecular weight excluding hydrogens is 365 g/mol. The summed E-state index contributed by atoms with van der Waals surface area (Å²) in [6, 6.07) is 5.37. The zero-order chi connectivity index (χ0) is 17.5. The quantitative estimate of drug-likeness (QED) is 0.677. The molecule has 2 heterocycles. The van der Waals surface area contributed by atoms with Crippen LogP contribution in [0.25, 0.3) is 0 Å². The molecule has 1 aromatic rings. The molecule has 1 aromatic carbocycles. The summed E-state index contributed by atoms with van der Waals surface area (Å²) in [5.41, 5.74) is 0.881. The molecule has 1 fully saturated rings. The Morgan fingerprint density at radius 1 is 1.12 bits per heavy atom. The maximum absolute atomic E-state index is 6.03. The fourth-order valence-corrected chi connectivity index (χ4v) is 2.86. The Balaban J connectivity index is 1.33. The van der Waals surface area contributed by atoms with Crippen LogP contribution in [0.15, 0.2) is 28.2 Å². The first-order chi connectivity index (χ1) is 12.2. The van der Waals surface area contributed by atoms with Crippen LogP contribution in [0.1, 0.15) is 11.7 Å². The second-order valence-electron chi connectivity index (χ2n) is 5.71. The van der Waals surface area contributed by atoms with Crippen molar-refractivity contribution in [2.45, 2.75) is 6.17 Å². The van der Waals surface area contributed by atoms with Gasteiger partial charge in [-0.2, -0.15) is 0 Å². The van der Waals surface area contributed by atoms with Crippen LogP contribution >= 0.6 is 23.2 Å². The van der Waals surface area contributed by atoms with Gasteiger partial charge in [-0.05, 0) is 17.7 Å². The Kier molecular flexibility index (Phi) is 7.07. The van der Waals surface area contributed by atoms with Gasteiger partial charge in [0.05, 0.1) is 42.7 Å². The van der Waals surface area contributed by atoms with Crippen LogP contribution in [-0.4, -0.2) is 69.7 Å². The lowest BCUT2D eigenvalue weighted by atomic mass is 10.2. The highest BCUT2D eigenvalue weighted by atomic mass is 35.5. The van der Waals surface area contributed by atoms with Crippen LogP contribution in [0, 0.1) is 0 Å². The summed E-state index contributed by atoms with van der Waals surface area (Å²) in [6.45, 7) is 6.15. The molecule has 2 aliphatic rings. The summed E-state index contributed by atoms with van der Waals surface area (Å²) in [7, 11) is 0. The minimum atomic E-state index is -0.327. The van der Waals surface area contributed by atoms with Gasteiger partial charge in [-0.3, -0.25) is 9.89 Å². The number of hydrogen-bond acceptors (Lipinski definition) is 6. The first-order valence-electron chi connectivity index (χ1n) is 8.29. The van der Waals surface area contributed by atoms with Gasteiger partial charge in [0.15, 0.2) is 6.17 Å². The van der Waals surface area contributed by atoms with Gasteiger partial charge in [0.25, 0.3) is 0 Å². The Morgan fingerprint density at radius 2 is 1.96 bits per heavy atom. The molecule has 0 spiro atoms. The van der Waals surface area contributed by atoms with E-state index >= 15 is 0 Å². The lowest BCUT2D eigenvalue weighted by Crippen LogP contribution is -2.38. The Morgan fingerprint density at radius 3 is 2.76 bits per heavy atom. The van der Waals surface area contributed by atoms with Gasteiger partial charge in [-0.25, -0.2) is 4.99 Å². The lowest BCUT2D eigenvalue weighted by molar-refractivity contribution is 0.0166. The minimum absolute atomic E-state index is 0.327. The average Bonchev–Trinajstić information content (AvgIpc) is 3.10. The molecule has 8 heteroatoms. The molecule has 2 aliphatic heterocycles. The third-order valence-electron chi connectivity index (χ3n) is 3.95. The van der Waals surface area contributed by atoms with Gasteiger partial charge in [0, 0.05) is 19.6 Å². The third kappa shape index (κ3) is 5.66. The average molecular weight is 386 g/mol. The van der Waals surface area contributed by atoms with E-state index in [2.05, 4.69) is 14.9 Å². The van der Waals surface area contributed by atoms with Crippen LogP contribution in [-0.2, 0) is 14.2 Å². The summed E-state index contributed by atoms with van der Waals surface area (Å²) in [6.07, 6.45) is 1.30. The van der Waals surface area contributed by atoms with E-state index in [1.54, 1.807) is 18.3 Å². The van der Waals surface area contributed by atoms with E-state index in [0.29, 0.717) is 35.8 Å². The molecule has 25 heavy (non-hydrogen) atoms. The zero-order valence-corrected chi connectivity index (χ0v) is 15.4. The van der Waals surface area contributed by atoms with E-state index in [1.807, 2.05) is 6.07 Å². The van der Waals surface area contributed by atoms with E-state index in [0.717, 1.165) is 38.4 Å². The van der Waals surface area contributed by atoms with Crippen molar-refractivity contribution < 1.29 is 14.2 Å². The normalized spacial score (nSPS) is 20.7. The molecule has 1 unspecified atom stereocenters. The number of rotatable bonds is 7. The molecular formula is C17H21Cl2N3O3. The molecule has 136 valence electrons. The van der Waals surface area contributed by atoms with Crippen molar-refractivity contribution in [3.8, 4) is 0 Å². The molecule has 3 rings (SSSR count). The Hall–Kier alpha value is -1.18. The van der Waals surface area contributed by atoms with Crippen molar-refractivity contribution in [2.24, 2.45) is 9.98 Å². The SMILES string of the molecule is Clc1ccc(C2N=CC(OCCOCCN3CCOCC3)=N2)cc1Cl. The second kappa shape index (κ2) is 9.50. The molecule has 0 aliphatic carbocycles. The largest absolute Gasteiger partial charge is 0.474 e. The molecule has 0 radical (unpaired) electrons. The third-order valence-corrected chi connectivity index (χ3v) is 4.69. The topological polar surface area (TPSA) is 55.7 Å². The van der Waals surface area contributed by atoms with Crippen LogP contribution in [0.4, 0.5) is 0 Å². The van der Waals surface area contributed by atoms with Crippen LogP contribution in [0.3, 0.4) is 0 Å². The summed E-state index contributed by atoms with van der Waals surface area (Å²) < 4.78 is 16.5. The highest BCUT2D eigenvalue weighted by molar-refractivity contribution is 6.42. The van der Waals surface area contributed by atoms with Gasteiger partial charge in [0.2, 0.25) is 5.90 Å². The number of benzene rings is 1. The molecule has 6 nitrogen and oxygen atoms in total. The number of aliphatic imine (C=N–C) groups is 2. The molecule has 0 bridgehead atoms. The zero-order valence-electron chi connectivity index (χ0n) is 13.9. The summed E-state index contributed by atoms with van der Waals surface area (Å²) >= 11 is 11.9. The van der Waals surface area contributed by atoms with E-state index in [-0.39, 0.29) is 6.17 Å². The maximum atomic E-state index is 6.03. The van der Waals surface area contributed by atoms with Gasteiger partial charge >= 0.3 is 0 Å². The number of hydrogen-bond donors (Lipinski definition) is 0. The number of halogens is 2. The summed E-state index contributed by atoms with van der Waals surface area (Å²) in [4.78, 5) is 11.1. The Bertz CT molecular complexity index is 634. The van der Waals surface area contributed by atoms with Crippen molar-refractivity contribution >= 4 is 35.3 Å². The molecule has 1 saturated heterocycles. The van der Waals surface area contributed by atoms with Crippen molar-refractivity contribution in [3.63, 3.8) is 0 Å². The highest BCUT2D eigenvalue weighted by Crippen LogP contribution is 2.29. The molecule has 1 atom stereocenters. The van der Waals surface area contributed by atoms with Crippen molar-refractivity contribution in [1.82, 2.24) is 4.90 Å². The highest BCUT2D eigenvalue weighted by Gasteiger charge is 2.16. The van der Waals surface area contributed by atoms with Gasteiger partial charge in [0.1, 0.15) is 6.61 Å². The van der Waals surface area contributed by atoms with Crippen molar-refractivity contribution in [3.05, 3.63) is 33.8 Å². The van der Waals surface area contributed by atoms with Gasteiger partial charge in [-0.15, -0.1) is 0 Å². The summed E-state index contributed by atoms with van der Waals surface area (Å²) in [5, 5.41) is 1.01. The van der Waals surface area contributed by atoms with E-state index < -0.39 is 0 Å². The first kappa shape index (κ1) is 18.6. The number of nitrogens with zero attached hydrogens (tertiary/aromatic N) is 3. The van der Waals surface area contributed by atoms with Crippen LogP contribution in [0.5, 0.6) is 0 Å². The van der Waals surface area contributed by atoms with Crippen molar-refractivity contribution in [2.75, 3.05) is 52.7 Å². The van der Waals surface area contributed by atoms with E-state index in [9.17, 15) is 0 Å². The van der Waals surface area contributed by atoms with Gasteiger partial charge in [-0.1, -0.05) is 29.3 Å². The fraction of sp³-hybridized carbons (Fsp3) is 0.529. The first-order valence-corrected chi connectivity index (χ1v) is 9.04. The van der Waals surface area contributed by atoms with Gasteiger partial charge < -0.3 is 14.2 Å². The molecule has 0 amide bonds. The van der Waals surface area contributed by atoms with Crippen molar-refractivity contribution in [1.29, 1.82) is 0 Å². The van der Waals surface area contributed by atoms with Crippen LogP contribution < -0.4 is 0 Å². The van der Waals surface area contributed by atoms with Crippen LogP contribution in [0.2, 0.25) is 10.0 Å². The monoisotopic (exact) mass is 385 g/mol. The second-order valence-corrected chi connectivity index (χ2v) is 6.52. The number of morpholine rings is 1. The predicted octanol–water partition coefficient (Wildman–Crippen LogP) is 2.84. The summed E-state index contributed by atoms with van der Waals surface area (Å²) in [5.74, 6) is 0.507. The molecule has 0 aromatic heterocycles. The lowest BCUT2D eigenvalue weighted by Gasteiger charge is -2.26. The molecule has 0 N–H and O–H groups in total. The Labute approximate surface area is 157 Å². The molecule has 0 saturated carbocycles. The van der Waals surface area contributed by atoms with E-state index in [4.69, 9.17) is 37.4 Å². The van der Waals surface area contributed by atoms with E-state index in [1.165, 1.54) is 0 Å². The predicted molar refractivity (Wildman–Crippen MR) is 99.2 cm³/mol.